The lowest BCUT2D eigenvalue weighted by Crippen LogP contribution is -2.23. The molecule has 1 fully saturated rings. The molecule has 0 aromatic carbocycles. The molecule has 3 rings (SSSR count). The van der Waals surface area contributed by atoms with E-state index < -0.39 is 10.3 Å². The second-order valence-corrected chi connectivity index (χ2v) is 6.40. The normalized spacial score (nSPS) is 23.0. The van der Waals surface area contributed by atoms with Crippen molar-refractivity contribution in [1.82, 2.24) is 9.55 Å². The van der Waals surface area contributed by atoms with Crippen LogP contribution in [0.2, 0.25) is 5.15 Å². The van der Waals surface area contributed by atoms with Gasteiger partial charge in [-0.2, -0.15) is 8.42 Å². The van der Waals surface area contributed by atoms with Gasteiger partial charge in [0.2, 0.25) is 0 Å². The summed E-state index contributed by atoms with van der Waals surface area (Å²) >= 11 is 6.04. The Bertz CT molecular complexity index is 761. The molecule has 7 nitrogen and oxygen atoms in total. The van der Waals surface area contributed by atoms with E-state index >= 15 is 0 Å². The van der Waals surface area contributed by atoms with Crippen molar-refractivity contribution in [3.8, 4) is 0 Å². The minimum Gasteiger partial charge on any atom is -0.352 e. The first-order valence-electron chi connectivity index (χ1n) is 6.38. The van der Waals surface area contributed by atoms with E-state index in [4.69, 9.17) is 21.5 Å². The van der Waals surface area contributed by atoms with Gasteiger partial charge in [-0.15, -0.1) is 0 Å². The number of rotatable bonds is 4. The Morgan fingerprint density at radius 3 is 3.05 bits per heavy atom. The first-order valence-corrected chi connectivity index (χ1v) is 8.22. The molecule has 2 aromatic rings. The summed E-state index contributed by atoms with van der Waals surface area (Å²) in [6.45, 7) is -0.0726. The highest BCUT2D eigenvalue weighted by molar-refractivity contribution is 7.84. The minimum absolute atomic E-state index is 0.0726. The Hall–Kier alpha value is -1.19. The second-order valence-electron chi connectivity index (χ2n) is 4.82. The van der Waals surface area contributed by atoms with E-state index in [-0.39, 0.29) is 18.9 Å². The number of hydrogen-bond donors (Lipinski definition) is 1. The highest BCUT2D eigenvalue weighted by Gasteiger charge is 2.28. The molecule has 2 aromatic heterocycles. The zero-order valence-corrected chi connectivity index (χ0v) is 12.5. The van der Waals surface area contributed by atoms with Gasteiger partial charge in [0.25, 0.3) is 0 Å². The molecule has 2 atom stereocenters. The summed E-state index contributed by atoms with van der Waals surface area (Å²) in [5.74, 6) is 0. The number of pyridine rings is 1. The van der Waals surface area contributed by atoms with Crippen LogP contribution < -0.4 is 5.14 Å². The van der Waals surface area contributed by atoms with Gasteiger partial charge < -0.3 is 9.30 Å². The van der Waals surface area contributed by atoms with Crippen molar-refractivity contribution in [3.05, 3.63) is 29.7 Å². The van der Waals surface area contributed by atoms with Gasteiger partial charge in [-0.3, -0.25) is 4.18 Å². The van der Waals surface area contributed by atoms with Crippen molar-refractivity contribution in [1.29, 1.82) is 0 Å². The smallest absolute Gasteiger partial charge is 0.333 e. The highest BCUT2D eigenvalue weighted by atomic mass is 35.5. The minimum atomic E-state index is -3.94. The van der Waals surface area contributed by atoms with E-state index in [1.807, 2.05) is 22.9 Å². The van der Waals surface area contributed by atoms with Crippen molar-refractivity contribution in [2.45, 2.75) is 25.2 Å². The monoisotopic (exact) mass is 331 g/mol. The molecule has 9 heteroatoms. The molecule has 1 saturated heterocycles. The number of nitrogens with two attached hydrogens (primary N) is 1. The number of nitrogens with zero attached hydrogens (tertiary/aromatic N) is 2. The van der Waals surface area contributed by atoms with Gasteiger partial charge in [-0.1, -0.05) is 11.6 Å². The molecule has 2 N–H and O–H groups in total. The zero-order valence-electron chi connectivity index (χ0n) is 11.0. The Morgan fingerprint density at radius 2 is 2.29 bits per heavy atom. The third-order valence-corrected chi connectivity index (χ3v) is 4.18. The van der Waals surface area contributed by atoms with Crippen molar-refractivity contribution >= 4 is 32.8 Å². The molecule has 2 unspecified atom stereocenters. The zero-order chi connectivity index (χ0) is 15.0. The Kier molecular flexibility index (Phi) is 3.89. The van der Waals surface area contributed by atoms with Crippen molar-refractivity contribution in [2.75, 3.05) is 6.61 Å². The third-order valence-electron chi connectivity index (χ3n) is 3.41. The van der Waals surface area contributed by atoms with E-state index in [2.05, 4.69) is 9.17 Å². The first kappa shape index (κ1) is 14.7. The fraction of sp³-hybridized carbons (Fsp3) is 0.417. The topological polar surface area (TPSA) is 96.4 Å². The fourth-order valence-corrected chi connectivity index (χ4v) is 3.05. The SMILES string of the molecule is NS(=O)(=O)OCC1CCC(n2ccc3c(Cl)nccc32)O1. The van der Waals surface area contributed by atoms with Crippen LogP contribution in [0.4, 0.5) is 0 Å². The molecule has 0 bridgehead atoms. The molecule has 0 aliphatic carbocycles. The van der Waals surface area contributed by atoms with Crippen LogP contribution in [-0.2, 0) is 19.2 Å². The number of aromatic nitrogens is 2. The maximum Gasteiger partial charge on any atom is 0.333 e. The van der Waals surface area contributed by atoms with Gasteiger partial charge >= 0.3 is 10.3 Å². The van der Waals surface area contributed by atoms with Gasteiger partial charge in [0, 0.05) is 17.8 Å². The van der Waals surface area contributed by atoms with Crippen molar-refractivity contribution in [3.63, 3.8) is 0 Å². The predicted octanol–water partition coefficient (Wildman–Crippen LogP) is 1.59. The Morgan fingerprint density at radius 1 is 1.48 bits per heavy atom. The van der Waals surface area contributed by atoms with Gasteiger partial charge in [0.15, 0.2) is 0 Å². The van der Waals surface area contributed by atoms with Crippen LogP contribution in [0.5, 0.6) is 0 Å². The lowest BCUT2D eigenvalue weighted by Gasteiger charge is -2.16. The molecular weight excluding hydrogens is 318 g/mol. The lowest BCUT2D eigenvalue weighted by molar-refractivity contribution is -0.0143. The van der Waals surface area contributed by atoms with E-state index in [0.29, 0.717) is 11.6 Å². The fourth-order valence-electron chi connectivity index (χ4n) is 2.49. The number of ether oxygens (including phenoxy) is 1. The van der Waals surface area contributed by atoms with Crippen LogP contribution in [0.25, 0.3) is 10.9 Å². The second kappa shape index (κ2) is 5.54. The van der Waals surface area contributed by atoms with Gasteiger partial charge in [0.05, 0.1) is 18.2 Å². The quantitative estimate of drug-likeness (QED) is 0.858. The van der Waals surface area contributed by atoms with Crippen LogP contribution in [0, 0.1) is 0 Å². The standard InChI is InChI=1S/C12H14ClN3O4S/c13-12-9-4-6-16(10(9)3-5-15-12)11-2-1-8(20-11)7-19-21(14,17)18/h3-6,8,11H,1-2,7H2,(H2,14,17,18). The van der Waals surface area contributed by atoms with Crippen LogP contribution >= 0.6 is 11.6 Å². The summed E-state index contributed by atoms with van der Waals surface area (Å²) in [6, 6.07) is 3.74. The molecule has 0 saturated carbocycles. The van der Waals surface area contributed by atoms with Crippen LogP contribution in [0.1, 0.15) is 19.1 Å². The third kappa shape index (κ3) is 3.19. The van der Waals surface area contributed by atoms with Gasteiger partial charge in [-0.25, -0.2) is 10.1 Å². The molecule has 0 amide bonds. The summed E-state index contributed by atoms with van der Waals surface area (Å²) in [7, 11) is -3.94. The lowest BCUT2D eigenvalue weighted by atomic mass is 10.2. The van der Waals surface area contributed by atoms with Crippen LogP contribution in [-0.4, -0.2) is 30.7 Å². The maximum atomic E-state index is 10.8. The predicted molar refractivity (Wildman–Crippen MR) is 76.9 cm³/mol. The van der Waals surface area contributed by atoms with Crippen molar-refractivity contribution in [2.24, 2.45) is 5.14 Å². The Balaban J connectivity index is 1.75. The number of halogens is 1. The maximum absolute atomic E-state index is 10.8. The molecule has 21 heavy (non-hydrogen) atoms. The Labute approximate surface area is 126 Å². The highest BCUT2D eigenvalue weighted by Crippen LogP contribution is 2.33. The molecule has 3 heterocycles. The van der Waals surface area contributed by atoms with E-state index in [1.165, 1.54) is 0 Å². The summed E-state index contributed by atoms with van der Waals surface area (Å²) in [5, 5.41) is 6.10. The van der Waals surface area contributed by atoms with E-state index in [0.717, 1.165) is 17.3 Å². The molecular formula is C12H14ClN3O4S. The average Bonchev–Trinajstić information content (AvgIpc) is 3.02. The molecule has 1 aliphatic rings. The summed E-state index contributed by atoms with van der Waals surface area (Å²) in [5.41, 5.74) is 0.924. The number of hydrogen-bond acceptors (Lipinski definition) is 5. The molecule has 114 valence electrons. The van der Waals surface area contributed by atoms with Gasteiger partial charge in [0.1, 0.15) is 11.4 Å². The average molecular weight is 332 g/mol. The summed E-state index contributed by atoms with van der Waals surface area (Å²) in [6.07, 6.45) is 4.48. The van der Waals surface area contributed by atoms with E-state index in [1.54, 1.807) is 6.20 Å². The summed E-state index contributed by atoms with van der Waals surface area (Å²) < 4.78 is 33.9. The first-order chi connectivity index (χ1) is 9.94. The van der Waals surface area contributed by atoms with Crippen LogP contribution in [0.15, 0.2) is 24.5 Å². The number of fused-ring (bicyclic) bond motifs is 1. The largest absolute Gasteiger partial charge is 0.352 e. The molecule has 0 spiro atoms. The molecule has 1 aliphatic heterocycles. The van der Waals surface area contributed by atoms with Crippen LogP contribution in [0.3, 0.4) is 0 Å². The van der Waals surface area contributed by atoms with Crippen molar-refractivity contribution < 1.29 is 17.3 Å². The summed E-state index contributed by atoms with van der Waals surface area (Å²) in [4.78, 5) is 4.03. The van der Waals surface area contributed by atoms with Gasteiger partial charge in [-0.05, 0) is 25.0 Å². The molecule has 0 radical (unpaired) electrons. The van der Waals surface area contributed by atoms with E-state index in [9.17, 15) is 8.42 Å².